The Morgan fingerprint density at radius 1 is 0.826 bits per heavy atom. The molecule has 2 heterocycles. The first-order valence-electron chi connectivity index (χ1n) is 6.71. The van der Waals surface area contributed by atoms with Crippen LogP contribution in [-0.4, -0.2) is 14.9 Å². The summed E-state index contributed by atoms with van der Waals surface area (Å²) in [6.07, 6.45) is 0. The van der Waals surface area contributed by atoms with Gasteiger partial charge < -0.3 is 0 Å². The van der Waals surface area contributed by atoms with Crippen molar-refractivity contribution >= 4 is 11.4 Å². The number of hydrogen-bond donors (Lipinski definition) is 0. The van der Waals surface area contributed by atoms with Gasteiger partial charge in [0, 0.05) is 24.3 Å². The molecule has 0 saturated heterocycles. The first-order chi connectivity index (χ1) is 11.0. The van der Waals surface area contributed by atoms with E-state index < -0.39 is 21.9 Å². The number of nitro groups is 2. The molecule has 2 aromatic rings. The van der Waals surface area contributed by atoms with Gasteiger partial charge in [-0.15, -0.1) is 4.91 Å². The monoisotopic (exact) mass is 312 g/mol. The molecule has 0 atom stereocenters. The topological polar surface area (TPSA) is 119 Å². The van der Waals surface area contributed by atoms with Crippen molar-refractivity contribution in [2.45, 2.75) is 12.1 Å². The Hall–Kier alpha value is -3.36. The minimum absolute atomic E-state index is 0.0888. The predicted octanol–water partition coefficient (Wildman–Crippen LogP) is 2.99. The van der Waals surface area contributed by atoms with E-state index in [2.05, 4.69) is 5.29 Å². The summed E-state index contributed by atoms with van der Waals surface area (Å²) in [5, 5.41) is 26.3. The molecular weight excluding hydrogens is 304 g/mol. The Morgan fingerprint density at radius 2 is 1.26 bits per heavy atom. The van der Waals surface area contributed by atoms with Gasteiger partial charge in [0.15, 0.2) is 0 Å². The molecular formula is C14H8N4O5. The number of nitroso groups, excluding NO2 is 1. The molecule has 0 spiro atoms. The van der Waals surface area contributed by atoms with E-state index in [9.17, 15) is 25.1 Å². The van der Waals surface area contributed by atoms with Gasteiger partial charge in [0.25, 0.3) is 11.4 Å². The Balaban J connectivity index is 1.93. The van der Waals surface area contributed by atoms with E-state index in [0.29, 0.717) is 11.1 Å². The summed E-state index contributed by atoms with van der Waals surface area (Å²) in [6, 6.07) is 7.72. The molecule has 23 heavy (non-hydrogen) atoms. The number of nitrogens with zero attached hydrogens (tertiary/aromatic N) is 4. The number of fused-ring (bicyclic) bond motifs is 8. The number of hydrogen-bond acceptors (Lipinski definition) is 6. The molecule has 2 aliphatic heterocycles. The highest BCUT2D eigenvalue weighted by molar-refractivity contribution is 5.61. The van der Waals surface area contributed by atoms with Crippen LogP contribution >= 0.6 is 0 Å². The average molecular weight is 312 g/mol. The molecule has 0 fully saturated rings. The molecule has 0 radical (unpaired) electrons. The van der Waals surface area contributed by atoms with Crippen molar-refractivity contribution in [3.05, 3.63) is 83.8 Å². The van der Waals surface area contributed by atoms with E-state index in [1.165, 1.54) is 29.3 Å². The van der Waals surface area contributed by atoms with E-state index in [1.54, 1.807) is 12.1 Å². The molecule has 9 heteroatoms. The van der Waals surface area contributed by atoms with Crippen molar-refractivity contribution in [1.29, 1.82) is 0 Å². The minimum atomic E-state index is -0.623. The summed E-state index contributed by atoms with van der Waals surface area (Å²) in [6.45, 7) is 0. The standard InChI is InChI=1S/C14H8N4O5/c19-15-16-13-9-3-1-7(17(20)21)5-11(9)14(16)12-6-8(18(22)23)2-4-10(12)13/h1-6,13-14H. The van der Waals surface area contributed by atoms with Crippen molar-refractivity contribution in [2.75, 3.05) is 0 Å². The van der Waals surface area contributed by atoms with Crippen LogP contribution in [0.5, 0.6) is 0 Å². The van der Waals surface area contributed by atoms with Crippen LogP contribution in [0.15, 0.2) is 41.7 Å². The van der Waals surface area contributed by atoms with Gasteiger partial charge in [0.2, 0.25) is 0 Å². The molecule has 0 unspecified atom stereocenters. The third-order valence-electron chi connectivity index (χ3n) is 4.36. The van der Waals surface area contributed by atoms with Crippen molar-refractivity contribution in [3.63, 3.8) is 0 Å². The molecule has 4 rings (SSSR count). The van der Waals surface area contributed by atoms with Crippen LogP contribution in [-0.2, 0) is 0 Å². The zero-order chi connectivity index (χ0) is 16.3. The van der Waals surface area contributed by atoms with Gasteiger partial charge in [0.1, 0.15) is 12.1 Å². The Kier molecular flexibility index (Phi) is 2.50. The lowest BCUT2D eigenvalue weighted by molar-refractivity contribution is -0.385. The lowest BCUT2D eigenvalue weighted by Crippen LogP contribution is -2.12. The normalized spacial score (nSPS) is 20.1. The van der Waals surface area contributed by atoms with Gasteiger partial charge in [0.05, 0.1) is 15.1 Å². The third-order valence-corrected chi connectivity index (χ3v) is 4.36. The van der Waals surface area contributed by atoms with Gasteiger partial charge in [-0.25, -0.2) is 5.01 Å². The summed E-state index contributed by atoms with van der Waals surface area (Å²) in [4.78, 5) is 32.2. The molecule has 9 nitrogen and oxygen atoms in total. The lowest BCUT2D eigenvalue weighted by atomic mass is 9.85. The summed E-state index contributed by atoms with van der Waals surface area (Å²) < 4.78 is 0. The van der Waals surface area contributed by atoms with Crippen LogP contribution in [0.1, 0.15) is 34.3 Å². The van der Waals surface area contributed by atoms with Crippen LogP contribution in [0.25, 0.3) is 0 Å². The predicted molar refractivity (Wildman–Crippen MR) is 77.5 cm³/mol. The molecule has 0 aromatic heterocycles. The van der Waals surface area contributed by atoms with Crippen LogP contribution < -0.4 is 0 Å². The van der Waals surface area contributed by atoms with E-state index in [1.807, 2.05) is 0 Å². The Morgan fingerprint density at radius 3 is 1.65 bits per heavy atom. The van der Waals surface area contributed by atoms with Gasteiger partial charge >= 0.3 is 0 Å². The molecule has 2 aliphatic rings. The number of benzene rings is 2. The molecule has 2 aromatic carbocycles. The zero-order valence-corrected chi connectivity index (χ0v) is 11.4. The average Bonchev–Trinajstić information content (AvgIpc) is 3.04. The second-order valence-electron chi connectivity index (χ2n) is 5.41. The quantitative estimate of drug-likeness (QED) is 0.488. The maximum absolute atomic E-state index is 11.3. The van der Waals surface area contributed by atoms with E-state index in [4.69, 9.17) is 0 Å². The first-order valence-corrected chi connectivity index (χ1v) is 6.71. The highest BCUT2D eigenvalue weighted by Gasteiger charge is 2.49. The largest absolute Gasteiger partial charge is 0.269 e. The van der Waals surface area contributed by atoms with Crippen LogP contribution in [0, 0.1) is 25.1 Å². The maximum Gasteiger partial charge on any atom is 0.269 e. The second-order valence-corrected chi connectivity index (χ2v) is 5.41. The fourth-order valence-electron chi connectivity index (χ4n) is 3.47. The highest BCUT2D eigenvalue weighted by atomic mass is 16.6. The summed E-state index contributed by atoms with van der Waals surface area (Å²) in [5.41, 5.74) is 2.54. The van der Waals surface area contributed by atoms with E-state index >= 15 is 0 Å². The molecule has 0 saturated carbocycles. The molecule has 2 bridgehead atoms. The zero-order valence-electron chi connectivity index (χ0n) is 11.4. The Labute approximate surface area is 128 Å². The second kappa shape index (κ2) is 4.32. The molecule has 0 amide bonds. The van der Waals surface area contributed by atoms with Crippen molar-refractivity contribution in [2.24, 2.45) is 5.29 Å². The fraction of sp³-hybridized carbons (Fsp3) is 0.143. The van der Waals surface area contributed by atoms with E-state index in [-0.39, 0.29) is 11.4 Å². The Bertz CT molecular complexity index is 831. The first kappa shape index (κ1) is 13.3. The van der Waals surface area contributed by atoms with Crippen LogP contribution in [0.3, 0.4) is 0 Å². The van der Waals surface area contributed by atoms with Crippen molar-refractivity contribution in [3.8, 4) is 0 Å². The van der Waals surface area contributed by atoms with Crippen LogP contribution in [0.2, 0.25) is 0 Å². The van der Waals surface area contributed by atoms with Gasteiger partial charge in [-0.1, -0.05) is 0 Å². The third kappa shape index (κ3) is 1.61. The SMILES string of the molecule is O=NN1C2c3ccc([N+](=O)[O-])cc3C1c1cc([N+](=O)[O-])ccc12. The fourth-order valence-corrected chi connectivity index (χ4v) is 3.47. The lowest BCUT2D eigenvalue weighted by Gasteiger charge is -2.15. The highest BCUT2D eigenvalue weighted by Crippen LogP contribution is 2.57. The van der Waals surface area contributed by atoms with Gasteiger partial charge in [-0.3, -0.25) is 20.2 Å². The maximum atomic E-state index is 11.3. The molecule has 0 aliphatic carbocycles. The van der Waals surface area contributed by atoms with Crippen molar-refractivity contribution in [1.82, 2.24) is 5.01 Å². The van der Waals surface area contributed by atoms with Crippen LogP contribution in [0.4, 0.5) is 11.4 Å². The van der Waals surface area contributed by atoms with Gasteiger partial charge in [-0.2, -0.15) is 0 Å². The summed E-state index contributed by atoms with van der Waals surface area (Å²) >= 11 is 0. The number of nitro benzene ring substituents is 2. The molecule has 114 valence electrons. The number of rotatable bonds is 3. The van der Waals surface area contributed by atoms with Gasteiger partial charge in [-0.05, 0) is 34.4 Å². The van der Waals surface area contributed by atoms with E-state index in [0.717, 1.165) is 11.1 Å². The summed E-state index contributed by atoms with van der Waals surface area (Å²) in [7, 11) is 0. The summed E-state index contributed by atoms with van der Waals surface area (Å²) in [5.74, 6) is 0. The number of non-ortho nitro benzene ring substituents is 2. The molecule has 0 N–H and O–H groups in total. The van der Waals surface area contributed by atoms with Crippen molar-refractivity contribution < 1.29 is 9.85 Å². The smallest absolute Gasteiger partial charge is 0.258 e. The minimum Gasteiger partial charge on any atom is -0.258 e.